The van der Waals surface area contributed by atoms with Gasteiger partial charge in [-0.25, -0.2) is 0 Å². The molecule has 1 rings (SSSR count). The van der Waals surface area contributed by atoms with Crippen molar-refractivity contribution in [3.05, 3.63) is 0 Å². The number of rotatable bonds is 3. The first kappa shape index (κ1) is 11.8. The molecule has 0 radical (unpaired) electrons. The van der Waals surface area contributed by atoms with Crippen LogP contribution < -0.4 is 0 Å². The molecule has 0 saturated heterocycles. The molecule has 0 amide bonds. The maximum absolute atomic E-state index is 12.5. The zero-order chi connectivity index (χ0) is 11.0. The fourth-order valence-corrected chi connectivity index (χ4v) is 1.38. The van der Waals surface area contributed by atoms with Crippen molar-refractivity contribution in [1.29, 1.82) is 0 Å². The van der Waals surface area contributed by atoms with Crippen LogP contribution in [0.4, 0.5) is 13.2 Å². The third-order valence-corrected chi connectivity index (χ3v) is 2.57. The van der Waals surface area contributed by atoms with Crippen LogP contribution in [-0.4, -0.2) is 18.4 Å². The van der Waals surface area contributed by atoms with Crippen LogP contribution in [0, 0.1) is 5.41 Å². The zero-order valence-electron chi connectivity index (χ0n) is 8.87. The maximum atomic E-state index is 12.5. The van der Waals surface area contributed by atoms with Gasteiger partial charge in [0.1, 0.15) is 0 Å². The highest BCUT2D eigenvalue weighted by Gasteiger charge is 2.62. The summed E-state index contributed by atoms with van der Waals surface area (Å²) in [7, 11) is 0. The van der Waals surface area contributed by atoms with Crippen LogP contribution in [0.2, 0.25) is 0 Å². The molecule has 1 aliphatic rings. The Kier molecular flexibility index (Phi) is 2.87. The van der Waals surface area contributed by atoms with Crippen LogP contribution in [0.5, 0.6) is 0 Å². The highest BCUT2D eigenvalue weighted by atomic mass is 19.4. The van der Waals surface area contributed by atoms with Gasteiger partial charge in [-0.05, 0) is 40.0 Å². The Morgan fingerprint density at radius 2 is 1.64 bits per heavy atom. The molecule has 0 N–H and O–H groups in total. The van der Waals surface area contributed by atoms with Gasteiger partial charge >= 0.3 is 6.18 Å². The molecule has 0 aromatic heterocycles. The van der Waals surface area contributed by atoms with Gasteiger partial charge in [-0.3, -0.25) is 0 Å². The van der Waals surface area contributed by atoms with Crippen LogP contribution in [-0.2, 0) is 4.74 Å². The standard InChI is InChI=1S/C10H17F3O/c1-8(2,3)14-7-6-9(4-5-9)10(11,12)13/h4-7H2,1-3H3. The van der Waals surface area contributed by atoms with Gasteiger partial charge in [-0.15, -0.1) is 0 Å². The Bertz CT molecular complexity index is 198. The van der Waals surface area contributed by atoms with E-state index in [1.165, 1.54) is 0 Å². The summed E-state index contributed by atoms with van der Waals surface area (Å²) in [5, 5.41) is 0. The Morgan fingerprint density at radius 1 is 1.14 bits per heavy atom. The fraction of sp³-hybridized carbons (Fsp3) is 1.00. The lowest BCUT2D eigenvalue weighted by Gasteiger charge is -2.23. The molecule has 0 unspecified atom stereocenters. The van der Waals surface area contributed by atoms with E-state index < -0.39 is 11.6 Å². The van der Waals surface area contributed by atoms with Gasteiger partial charge in [-0.1, -0.05) is 0 Å². The molecule has 84 valence electrons. The van der Waals surface area contributed by atoms with E-state index in [4.69, 9.17) is 4.74 Å². The second kappa shape index (κ2) is 3.40. The van der Waals surface area contributed by atoms with Crippen LogP contribution in [0.3, 0.4) is 0 Å². The van der Waals surface area contributed by atoms with Gasteiger partial charge in [0.25, 0.3) is 0 Å². The lowest BCUT2D eigenvalue weighted by molar-refractivity contribution is -0.194. The fourth-order valence-electron chi connectivity index (χ4n) is 1.38. The van der Waals surface area contributed by atoms with E-state index >= 15 is 0 Å². The van der Waals surface area contributed by atoms with E-state index in [-0.39, 0.29) is 31.5 Å². The molecule has 4 heteroatoms. The van der Waals surface area contributed by atoms with Crippen LogP contribution in [0.15, 0.2) is 0 Å². The van der Waals surface area contributed by atoms with Gasteiger partial charge in [0, 0.05) is 6.61 Å². The molecule has 1 aliphatic carbocycles. The first-order chi connectivity index (χ1) is 6.16. The largest absolute Gasteiger partial charge is 0.394 e. The quantitative estimate of drug-likeness (QED) is 0.692. The Hall–Kier alpha value is -0.250. The van der Waals surface area contributed by atoms with Crippen molar-refractivity contribution in [2.45, 2.75) is 51.8 Å². The van der Waals surface area contributed by atoms with Crippen molar-refractivity contribution in [2.24, 2.45) is 5.41 Å². The smallest absolute Gasteiger partial charge is 0.376 e. The summed E-state index contributed by atoms with van der Waals surface area (Å²) in [5.74, 6) is 0. The second-order valence-electron chi connectivity index (χ2n) is 4.99. The highest BCUT2D eigenvalue weighted by Crippen LogP contribution is 2.59. The van der Waals surface area contributed by atoms with Crippen molar-refractivity contribution in [3.63, 3.8) is 0 Å². The molecule has 0 aromatic carbocycles. The molecule has 0 aliphatic heterocycles. The van der Waals surface area contributed by atoms with Crippen molar-refractivity contribution < 1.29 is 17.9 Å². The van der Waals surface area contributed by atoms with Gasteiger partial charge in [0.05, 0.1) is 11.0 Å². The van der Waals surface area contributed by atoms with Gasteiger partial charge < -0.3 is 4.74 Å². The van der Waals surface area contributed by atoms with E-state index in [0.29, 0.717) is 0 Å². The molecule has 1 fully saturated rings. The summed E-state index contributed by atoms with van der Waals surface area (Å²) in [6, 6.07) is 0. The number of halogens is 3. The summed E-state index contributed by atoms with van der Waals surface area (Å²) < 4.78 is 42.7. The molecule has 1 saturated carbocycles. The van der Waals surface area contributed by atoms with E-state index in [1.54, 1.807) is 0 Å². The van der Waals surface area contributed by atoms with E-state index in [1.807, 2.05) is 20.8 Å². The van der Waals surface area contributed by atoms with Gasteiger partial charge in [0.2, 0.25) is 0 Å². The number of alkyl halides is 3. The molecular weight excluding hydrogens is 193 g/mol. The molecule has 0 atom stereocenters. The third kappa shape index (κ3) is 2.87. The van der Waals surface area contributed by atoms with Crippen LogP contribution in [0.1, 0.15) is 40.0 Å². The van der Waals surface area contributed by atoms with Crippen molar-refractivity contribution in [3.8, 4) is 0 Å². The van der Waals surface area contributed by atoms with Crippen molar-refractivity contribution in [1.82, 2.24) is 0 Å². The third-order valence-electron chi connectivity index (χ3n) is 2.57. The summed E-state index contributed by atoms with van der Waals surface area (Å²) in [6.45, 7) is 5.74. The average molecular weight is 210 g/mol. The highest BCUT2D eigenvalue weighted by molar-refractivity contribution is 4.98. The summed E-state index contributed by atoms with van der Waals surface area (Å²) >= 11 is 0. The summed E-state index contributed by atoms with van der Waals surface area (Å²) in [4.78, 5) is 0. The number of hydrogen-bond acceptors (Lipinski definition) is 1. The first-order valence-electron chi connectivity index (χ1n) is 4.87. The van der Waals surface area contributed by atoms with Crippen LogP contribution >= 0.6 is 0 Å². The van der Waals surface area contributed by atoms with E-state index in [2.05, 4.69) is 0 Å². The minimum Gasteiger partial charge on any atom is -0.376 e. The van der Waals surface area contributed by atoms with Gasteiger partial charge in [0.15, 0.2) is 0 Å². The molecule has 0 heterocycles. The number of ether oxygens (including phenoxy) is 1. The average Bonchev–Trinajstić information content (AvgIpc) is 2.63. The molecule has 1 nitrogen and oxygen atoms in total. The topological polar surface area (TPSA) is 9.23 Å². The Balaban J connectivity index is 2.32. The van der Waals surface area contributed by atoms with E-state index in [0.717, 1.165) is 0 Å². The first-order valence-corrected chi connectivity index (χ1v) is 4.87. The van der Waals surface area contributed by atoms with Crippen molar-refractivity contribution in [2.75, 3.05) is 6.61 Å². The maximum Gasteiger partial charge on any atom is 0.394 e. The monoisotopic (exact) mass is 210 g/mol. The lowest BCUT2D eigenvalue weighted by Crippen LogP contribution is -2.28. The summed E-state index contributed by atoms with van der Waals surface area (Å²) in [5.41, 5.74) is -1.76. The van der Waals surface area contributed by atoms with Gasteiger partial charge in [-0.2, -0.15) is 13.2 Å². The Morgan fingerprint density at radius 3 is 1.93 bits per heavy atom. The SMILES string of the molecule is CC(C)(C)OCCC1(C(F)(F)F)CC1. The minimum atomic E-state index is -4.05. The molecule has 14 heavy (non-hydrogen) atoms. The second-order valence-corrected chi connectivity index (χ2v) is 4.99. The van der Waals surface area contributed by atoms with E-state index in [9.17, 15) is 13.2 Å². The van der Waals surface area contributed by atoms with Crippen LogP contribution in [0.25, 0.3) is 0 Å². The molecular formula is C10H17F3O. The molecule has 0 aromatic rings. The molecule has 0 spiro atoms. The minimum absolute atomic E-state index is 0.105. The normalized spacial score (nSPS) is 21.0. The molecule has 0 bridgehead atoms. The predicted octanol–water partition coefficient (Wildman–Crippen LogP) is 3.53. The zero-order valence-corrected chi connectivity index (χ0v) is 8.87. The Labute approximate surface area is 82.6 Å². The lowest BCUT2D eigenvalue weighted by atomic mass is 10.0. The number of hydrogen-bond donors (Lipinski definition) is 0. The predicted molar refractivity (Wildman–Crippen MR) is 48.0 cm³/mol. The summed E-state index contributed by atoms with van der Waals surface area (Å²) in [6.07, 6.45) is -3.41. The van der Waals surface area contributed by atoms with Crippen molar-refractivity contribution >= 4 is 0 Å².